The minimum absolute atomic E-state index is 0.476. The summed E-state index contributed by atoms with van der Waals surface area (Å²) in [6, 6.07) is 16.1. The average molecular weight is 342 g/mol. The Labute approximate surface area is 145 Å². The fraction of sp³-hybridized carbons (Fsp3) is 0.0556. The smallest absolute Gasteiger partial charge is 0.318 e. The van der Waals surface area contributed by atoms with E-state index in [1.807, 2.05) is 36.4 Å². The molecule has 2 aromatic rings. The second-order valence-corrected chi connectivity index (χ2v) is 5.34. The number of carbonyl (C=O) groups excluding carboxylic acids is 2. The molecule has 0 unspecified atom stereocenters. The first-order valence-electron chi connectivity index (χ1n) is 7.19. The van der Waals surface area contributed by atoms with E-state index in [9.17, 15) is 9.59 Å². The average Bonchev–Trinajstić information content (AvgIpc) is 2.60. The maximum Gasteiger partial charge on any atom is 0.329 e. The van der Waals surface area contributed by atoms with Crippen molar-refractivity contribution in [1.29, 1.82) is 0 Å². The molecule has 2 rings (SSSR count). The molecule has 0 radical (unpaired) electrons. The van der Waals surface area contributed by atoms with Crippen LogP contribution in [0, 0.1) is 0 Å². The van der Waals surface area contributed by atoms with E-state index < -0.39 is 11.8 Å². The normalized spacial score (nSPS) is 11.3. The molecule has 0 bridgehead atoms. The van der Waals surface area contributed by atoms with E-state index in [2.05, 4.69) is 15.8 Å². The third-order valence-corrected chi connectivity index (χ3v) is 3.21. The molecule has 0 atom stereocenters. The van der Waals surface area contributed by atoms with Crippen molar-refractivity contribution in [2.24, 2.45) is 5.10 Å². The fourth-order valence-corrected chi connectivity index (χ4v) is 1.86. The number of benzene rings is 2. The van der Waals surface area contributed by atoms with Gasteiger partial charge in [0.25, 0.3) is 0 Å². The molecule has 0 saturated carbocycles. The van der Waals surface area contributed by atoms with E-state index >= 15 is 0 Å². The van der Waals surface area contributed by atoms with Gasteiger partial charge in [-0.1, -0.05) is 48.0 Å². The lowest BCUT2D eigenvalue weighted by Gasteiger charge is -2.04. The van der Waals surface area contributed by atoms with Crippen LogP contribution in [0.15, 0.2) is 65.8 Å². The zero-order valence-corrected chi connectivity index (χ0v) is 13.7. The zero-order valence-electron chi connectivity index (χ0n) is 13.0. The van der Waals surface area contributed by atoms with Crippen molar-refractivity contribution < 1.29 is 9.59 Å². The van der Waals surface area contributed by atoms with Gasteiger partial charge in [-0.3, -0.25) is 9.59 Å². The van der Waals surface area contributed by atoms with Crippen LogP contribution in [0.5, 0.6) is 0 Å². The Morgan fingerprint density at radius 2 is 1.67 bits per heavy atom. The molecule has 5 nitrogen and oxygen atoms in total. The number of hydrogen-bond acceptors (Lipinski definition) is 3. The Hall–Kier alpha value is -2.92. The van der Waals surface area contributed by atoms with Gasteiger partial charge in [0.1, 0.15) is 0 Å². The van der Waals surface area contributed by atoms with E-state index in [-0.39, 0.29) is 0 Å². The van der Waals surface area contributed by atoms with Crippen molar-refractivity contribution in [1.82, 2.24) is 5.43 Å². The minimum Gasteiger partial charge on any atom is -0.318 e. The molecule has 2 aromatic carbocycles. The van der Waals surface area contributed by atoms with Crippen LogP contribution in [0.25, 0.3) is 6.08 Å². The second kappa shape index (κ2) is 8.64. The highest BCUT2D eigenvalue weighted by Crippen LogP contribution is 2.13. The molecule has 24 heavy (non-hydrogen) atoms. The number of allylic oxidation sites excluding steroid dienone is 1. The molecule has 0 fully saturated rings. The van der Waals surface area contributed by atoms with Crippen molar-refractivity contribution >= 4 is 40.9 Å². The van der Waals surface area contributed by atoms with Gasteiger partial charge in [0.2, 0.25) is 0 Å². The second-order valence-electron chi connectivity index (χ2n) is 4.90. The predicted octanol–water partition coefficient (Wildman–Crippen LogP) is 3.48. The third kappa shape index (κ3) is 5.70. The lowest BCUT2D eigenvalue weighted by atomic mass is 10.2. The Balaban J connectivity index is 1.87. The first-order chi connectivity index (χ1) is 11.5. The number of nitrogens with zero attached hydrogens (tertiary/aromatic N) is 1. The van der Waals surface area contributed by atoms with Crippen molar-refractivity contribution in [3.63, 3.8) is 0 Å². The molecular formula is C18H16ClN3O2. The first-order valence-corrected chi connectivity index (χ1v) is 7.57. The van der Waals surface area contributed by atoms with Gasteiger partial charge in [0, 0.05) is 10.7 Å². The number of rotatable bonds is 4. The molecule has 122 valence electrons. The highest BCUT2D eigenvalue weighted by molar-refractivity contribution is 6.39. The van der Waals surface area contributed by atoms with Crippen molar-refractivity contribution in [3.05, 3.63) is 71.3 Å². The molecule has 6 heteroatoms. The van der Waals surface area contributed by atoms with Crippen LogP contribution in [-0.4, -0.2) is 17.5 Å². The number of hydrogen-bond donors (Lipinski definition) is 2. The lowest BCUT2D eigenvalue weighted by Crippen LogP contribution is -2.32. The first kappa shape index (κ1) is 17.4. The quantitative estimate of drug-likeness (QED) is 0.507. The molecule has 0 saturated heterocycles. The van der Waals surface area contributed by atoms with Crippen molar-refractivity contribution in [2.75, 3.05) is 5.32 Å². The highest BCUT2D eigenvalue weighted by atomic mass is 35.5. The molecule has 2 amide bonds. The van der Waals surface area contributed by atoms with Crippen LogP contribution in [0.1, 0.15) is 12.5 Å². The van der Waals surface area contributed by atoms with Crippen LogP contribution in [-0.2, 0) is 9.59 Å². The summed E-state index contributed by atoms with van der Waals surface area (Å²) < 4.78 is 0. The van der Waals surface area contributed by atoms with Gasteiger partial charge in [-0.25, -0.2) is 5.43 Å². The number of anilines is 1. The molecule has 0 aliphatic heterocycles. The number of hydrazone groups is 1. The van der Waals surface area contributed by atoms with Crippen LogP contribution in [0.4, 0.5) is 5.69 Å². The van der Waals surface area contributed by atoms with Gasteiger partial charge in [-0.05, 0) is 42.8 Å². The van der Waals surface area contributed by atoms with Gasteiger partial charge < -0.3 is 5.32 Å². The highest BCUT2D eigenvalue weighted by Gasteiger charge is 2.12. The summed E-state index contributed by atoms with van der Waals surface area (Å²) in [4.78, 5) is 23.5. The maximum atomic E-state index is 11.7. The Bertz CT molecular complexity index is 769. The number of amides is 2. The number of carbonyl (C=O) groups is 2. The lowest BCUT2D eigenvalue weighted by molar-refractivity contribution is -0.136. The zero-order chi connectivity index (χ0) is 17.4. The number of nitrogens with one attached hydrogen (secondary N) is 2. The third-order valence-electron chi connectivity index (χ3n) is 2.96. The van der Waals surface area contributed by atoms with E-state index in [0.29, 0.717) is 16.4 Å². The van der Waals surface area contributed by atoms with E-state index in [0.717, 1.165) is 5.56 Å². The molecule has 0 heterocycles. The predicted molar refractivity (Wildman–Crippen MR) is 96.8 cm³/mol. The Morgan fingerprint density at radius 1 is 1.00 bits per heavy atom. The Kier molecular flexibility index (Phi) is 6.28. The topological polar surface area (TPSA) is 70.6 Å². The SMILES string of the molecule is CC(/C=C/c1ccccc1)=N/NC(=O)C(=O)Nc1ccc(Cl)cc1. The van der Waals surface area contributed by atoms with Gasteiger partial charge in [0.15, 0.2) is 0 Å². The minimum atomic E-state index is -0.850. The molecule has 0 aliphatic carbocycles. The number of halogens is 1. The summed E-state index contributed by atoms with van der Waals surface area (Å²) in [6.07, 6.45) is 3.60. The standard InChI is InChI=1S/C18H16ClN3O2/c1-13(7-8-14-5-3-2-4-6-14)21-22-18(24)17(23)20-16-11-9-15(19)10-12-16/h2-12H,1H3,(H,20,23)(H,22,24)/b8-7+,21-13-. The van der Waals surface area contributed by atoms with Crippen LogP contribution < -0.4 is 10.7 Å². The van der Waals surface area contributed by atoms with Crippen molar-refractivity contribution in [3.8, 4) is 0 Å². The molecule has 0 aliphatic rings. The summed E-state index contributed by atoms with van der Waals surface area (Å²) >= 11 is 5.75. The van der Waals surface area contributed by atoms with Crippen LogP contribution >= 0.6 is 11.6 Å². The Morgan fingerprint density at radius 3 is 2.33 bits per heavy atom. The molecule has 2 N–H and O–H groups in total. The molecule has 0 aromatic heterocycles. The van der Waals surface area contributed by atoms with Crippen LogP contribution in [0.3, 0.4) is 0 Å². The van der Waals surface area contributed by atoms with Crippen molar-refractivity contribution in [2.45, 2.75) is 6.92 Å². The largest absolute Gasteiger partial charge is 0.329 e. The fourth-order valence-electron chi connectivity index (χ4n) is 1.73. The summed E-state index contributed by atoms with van der Waals surface area (Å²) in [6.45, 7) is 1.72. The molecular weight excluding hydrogens is 326 g/mol. The van der Waals surface area contributed by atoms with Gasteiger partial charge in [0.05, 0.1) is 5.71 Å². The summed E-state index contributed by atoms with van der Waals surface area (Å²) in [5.74, 6) is -1.65. The van der Waals surface area contributed by atoms with E-state index in [4.69, 9.17) is 11.6 Å². The molecule has 0 spiro atoms. The van der Waals surface area contributed by atoms with Gasteiger partial charge >= 0.3 is 11.8 Å². The summed E-state index contributed by atoms with van der Waals surface area (Å²) in [5.41, 5.74) is 4.26. The monoisotopic (exact) mass is 341 g/mol. The van der Waals surface area contributed by atoms with Gasteiger partial charge in [-0.2, -0.15) is 5.10 Å². The van der Waals surface area contributed by atoms with Crippen LogP contribution in [0.2, 0.25) is 5.02 Å². The summed E-state index contributed by atoms with van der Waals surface area (Å²) in [7, 11) is 0. The maximum absolute atomic E-state index is 11.7. The summed E-state index contributed by atoms with van der Waals surface area (Å²) in [5, 5.41) is 6.86. The van der Waals surface area contributed by atoms with E-state index in [1.165, 1.54) is 0 Å². The van der Waals surface area contributed by atoms with E-state index in [1.54, 1.807) is 37.3 Å². The van der Waals surface area contributed by atoms with Gasteiger partial charge in [-0.15, -0.1) is 0 Å².